The number of carbonyl (C=O) groups is 1. The Morgan fingerprint density at radius 1 is 1.33 bits per heavy atom. The van der Waals surface area contributed by atoms with Crippen LogP contribution in [0.1, 0.15) is 25.5 Å². The average molecular weight is 447 g/mol. The van der Waals surface area contributed by atoms with Gasteiger partial charge >= 0.3 is 5.97 Å². The fourth-order valence-corrected chi connectivity index (χ4v) is 4.71. The van der Waals surface area contributed by atoms with E-state index in [0.717, 1.165) is 21.5 Å². The number of anilines is 1. The van der Waals surface area contributed by atoms with Crippen molar-refractivity contribution in [2.24, 2.45) is 5.92 Å². The summed E-state index contributed by atoms with van der Waals surface area (Å²) in [5.41, 5.74) is 0.724. The van der Waals surface area contributed by atoms with E-state index in [4.69, 9.17) is 21.7 Å². The minimum atomic E-state index is -1.01. The van der Waals surface area contributed by atoms with Crippen LogP contribution in [0.3, 0.4) is 0 Å². The number of hydrogen-bond donors (Lipinski definition) is 1. The quantitative estimate of drug-likeness (QED) is 0.563. The zero-order valence-electron chi connectivity index (χ0n) is 14.9. The normalized spacial score (nSPS) is 25.9. The molecular weight excluding hydrogens is 428 g/mol. The zero-order chi connectivity index (χ0) is 19.2. The number of carbonyl (C=O) groups excluding carboxylic acids is 1. The van der Waals surface area contributed by atoms with E-state index in [1.165, 1.54) is 0 Å². The van der Waals surface area contributed by atoms with E-state index in [-0.39, 0.29) is 12.0 Å². The summed E-state index contributed by atoms with van der Waals surface area (Å²) in [5, 5.41) is 3.86. The van der Waals surface area contributed by atoms with Crippen LogP contribution in [0.15, 0.2) is 53.0 Å². The van der Waals surface area contributed by atoms with Crippen molar-refractivity contribution in [2.45, 2.75) is 25.6 Å². The van der Waals surface area contributed by atoms with Gasteiger partial charge in [0, 0.05) is 15.7 Å². The van der Waals surface area contributed by atoms with Gasteiger partial charge in [-0.2, -0.15) is 0 Å². The highest BCUT2D eigenvalue weighted by molar-refractivity contribution is 9.10. The topological polar surface area (TPSA) is 50.8 Å². The number of fused-ring (bicyclic) bond motifs is 4. The summed E-state index contributed by atoms with van der Waals surface area (Å²) in [5.74, 6) is -0.181. The maximum absolute atomic E-state index is 13.0. The average Bonchev–Trinajstić information content (AvgIpc) is 2.63. The molecule has 4 rings (SSSR count). The molecule has 2 aromatic carbocycles. The van der Waals surface area contributed by atoms with E-state index in [0.29, 0.717) is 11.7 Å². The lowest BCUT2D eigenvalue weighted by Crippen LogP contribution is -2.71. The van der Waals surface area contributed by atoms with Gasteiger partial charge in [0.2, 0.25) is 5.72 Å². The molecular formula is C20H19BrN2O3S. The summed E-state index contributed by atoms with van der Waals surface area (Å²) in [7, 11) is 0. The number of nitrogens with one attached hydrogen (secondary N) is 1. The van der Waals surface area contributed by atoms with Crippen molar-refractivity contribution < 1.29 is 14.3 Å². The third-order valence-corrected chi connectivity index (χ3v) is 5.81. The van der Waals surface area contributed by atoms with Crippen LogP contribution in [-0.4, -0.2) is 23.4 Å². The molecule has 0 radical (unpaired) electrons. The van der Waals surface area contributed by atoms with Crippen molar-refractivity contribution in [2.75, 3.05) is 11.5 Å². The third kappa shape index (κ3) is 2.89. The van der Waals surface area contributed by atoms with Crippen LogP contribution < -0.4 is 15.0 Å². The van der Waals surface area contributed by atoms with Crippen LogP contribution in [0.5, 0.6) is 5.75 Å². The van der Waals surface area contributed by atoms with Gasteiger partial charge in [0.15, 0.2) is 5.11 Å². The Morgan fingerprint density at radius 3 is 2.78 bits per heavy atom. The number of rotatable bonds is 3. The number of hydrogen-bond acceptors (Lipinski definition) is 4. The minimum absolute atomic E-state index is 0.305. The molecule has 0 amide bonds. The molecule has 2 heterocycles. The number of thiocarbonyl (C=S) groups is 1. The van der Waals surface area contributed by atoms with Crippen molar-refractivity contribution in [1.29, 1.82) is 0 Å². The summed E-state index contributed by atoms with van der Waals surface area (Å²) in [6.07, 6.45) is 0. The molecule has 0 unspecified atom stereocenters. The van der Waals surface area contributed by atoms with Crippen molar-refractivity contribution in [3.05, 3.63) is 58.6 Å². The Balaban J connectivity index is 1.90. The highest BCUT2D eigenvalue weighted by Crippen LogP contribution is 2.50. The van der Waals surface area contributed by atoms with Gasteiger partial charge in [-0.25, -0.2) is 0 Å². The van der Waals surface area contributed by atoms with Gasteiger partial charge in [-0.3, -0.25) is 9.69 Å². The first-order valence-electron chi connectivity index (χ1n) is 8.76. The number of ether oxygens (including phenoxy) is 2. The van der Waals surface area contributed by atoms with E-state index >= 15 is 0 Å². The number of esters is 1. The van der Waals surface area contributed by atoms with Gasteiger partial charge in [-0.15, -0.1) is 0 Å². The number of halogens is 1. The predicted octanol–water partition coefficient (Wildman–Crippen LogP) is 4.17. The number of benzene rings is 2. The smallest absolute Gasteiger partial charge is 0.317 e. The fraction of sp³-hybridized carbons (Fsp3) is 0.300. The molecule has 2 aromatic rings. The SMILES string of the molecule is CCOC(=O)[C@H]1[C@@H]2NC(=S)N(c3ccccc3)[C@@]1(C)Oc1ccc(Br)cc12. The number of nitrogens with zero attached hydrogens (tertiary/aromatic N) is 1. The first kappa shape index (κ1) is 18.3. The standard InChI is InChI=1S/C20H19BrN2O3S/c1-3-25-18(24)16-17-14-11-12(21)9-10-15(14)26-20(16,2)23(19(27)22-17)13-7-5-4-6-8-13/h4-11,16-17H,3H2,1-2H3,(H,22,27)/t16-,17-,20+/m1/s1. The Labute approximate surface area is 171 Å². The summed E-state index contributed by atoms with van der Waals surface area (Å²) >= 11 is 9.17. The molecule has 5 nitrogen and oxygen atoms in total. The molecule has 27 heavy (non-hydrogen) atoms. The van der Waals surface area contributed by atoms with Crippen LogP contribution in [-0.2, 0) is 9.53 Å². The second-order valence-corrected chi connectivity index (χ2v) is 7.97. The van der Waals surface area contributed by atoms with Gasteiger partial charge in [-0.1, -0.05) is 34.1 Å². The molecule has 2 aliphatic heterocycles. The van der Waals surface area contributed by atoms with Crippen LogP contribution in [0.4, 0.5) is 5.69 Å². The largest absolute Gasteiger partial charge is 0.466 e. The van der Waals surface area contributed by atoms with Crippen LogP contribution in [0.2, 0.25) is 0 Å². The van der Waals surface area contributed by atoms with Gasteiger partial charge in [0.05, 0.1) is 12.6 Å². The van der Waals surface area contributed by atoms with Gasteiger partial charge in [-0.05, 0) is 56.4 Å². The van der Waals surface area contributed by atoms with Crippen LogP contribution >= 0.6 is 28.1 Å². The molecule has 2 aliphatic rings. The summed E-state index contributed by atoms with van der Waals surface area (Å²) < 4.78 is 12.8. The maximum atomic E-state index is 13.0. The maximum Gasteiger partial charge on any atom is 0.317 e. The molecule has 1 fully saturated rings. The van der Waals surface area contributed by atoms with Crippen LogP contribution in [0.25, 0.3) is 0 Å². The molecule has 1 saturated heterocycles. The predicted molar refractivity (Wildman–Crippen MR) is 111 cm³/mol. The summed E-state index contributed by atoms with van der Waals surface area (Å²) in [6, 6.07) is 15.2. The van der Waals surface area contributed by atoms with Gasteiger partial charge in [0.1, 0.15) is 11.7 Å². The zero-order valence-corrected chi connectivity index (χ0v) is 17.3. The lowest BCUT2D eigenvalue weighted by molar-refractivity contribution is -0.159. The van der Waals surface area contributed by atoms with Crippen molar-refractivity contribution in [1.82, 2.24) is 5.32 Å². The summed E-state index contributed by atoms with van der Waals surface area (Å²) in [4.78, 5) is 14.8. The van der Waals surface area contributed by atoms with Gasteiger partial charge < -0.3 is 14.8 Å². The monoisotopic (exact) mass is 446 g/mol. The first-order chi connectivity index (χ1) is 13.0. The minimum Gasteiger partial charge on any atom is -0.466 e. The second-order valence-electron chi connectivity index (χ2n) is 6.67. The molecule has 0 spiro atoms. The first-order valence-corrected chi connectivity index (χ1v) is 9.96. The molecule has 0 aromatic heterocycles. The lowest BCUT2D eigenvalue weighted by atomic mass is 9.79. The van der Waals surface area contributed by atoms with Crippen molar-refractivity contribution in [3.63, 3.8) is 0 Å². The highest BCUT2D eigenvalue weighted by atomic mass is 79.9. The van der Waals surface area contributed by atoms with Crippen molar-refractivity contribution >= 4 is 44.9 Å². The Bertz CT molecular complexity index is 907. The third-order valence-electron chi connectivity index (χ3n) is 5.01. The Hall–Kier alpha value is -2.12. The number of para-hydroxylation sites is 1. The molecule has 1 N–H and O–H groups in total. The van der Waals surface area contributed by atoms with Crippen LogP contribution in [0, 0.1) is 5.92 Å². The molecule has 140 valence electrons. The van der Waals surface area contributed by atoms with E-state index in [1.54, 1.807) is 6.92 Å². The van der Waals surface area contributed by atoms with E-state index in [9.17, 15) is 4.79 Å². The lowest BCUT2D eigenvalue weighted by Gasteiger charge is -2.55. The fourth-order valence-electron chi connectivity index (χ4n) is 3.91. The molecule has 0 saturated carbocycles. The van der Waals surface area contributed by atoms with Gasteiger partial charge in [0.25, 0.3) is 0 Å². The van der Waals surface area contributed by atoms with Crippen molar-refractivity contribution in [3.8, 4) is 5.75 Å². The van der Waals surface area contributed by atoms with E-state index < -0.39 is 11.6 Å². The summed E-state index contributed by atoms with van der Waals surface area (Å²) in [6.45, 7) is 4.00. The van der Waals surface area contributed by atoms with E-state index in [1.807, 2.05) is 60.4 Å². The second kappa shape index (κ2) is 6.80. The highest BCUT2D eigenvalue weighted by Gasteiger charge is 2.59. The molecule has 7 heteroatoms. The Morgan fingerprint density at radius 2 is 2.07 bits per heavy atom. The molecule has 3 atom stereocenters. The van der Waals surface area contributed by atoms with E-state index in [2.05, 4.69) is 21.2 Å². The molecule has 2 bridgehead atoms. The molecule has 0 aliphatic carbocycles. The Kier molecular flexibility index (Phi) is 4.60.